The largest absolute Gasteiger partial charge is 0.347 e. The molecule has 0 saturated carbocycles. The van der Waals surface area contributed by atoms with Crippen molar-refractivity contribution in [2.75, 3.05) is 6.54 Å². The van der Waals surface area contributed by atoms with Crippen LogP contribution in [0.25, 0.3) is 10.9 Å². The van der Waals surface area contributed by atoms with Gasteiger partial charge in [0.2, 0.25) is 0 Å². The zero-order valence-corrected chi connectivity index (χ0v) is 9.67. The van der Waals surface area contributed by atoms with Crippen LogP contribution < -0.4 is 5.73 Å². The third kappa shape index (κ3) is 1.55. The average molecular weight is 202 g/mol. The molecule has 0 saturated heterocycles. The molecule has 0 aliphatic carbocycles. The van der Waals surface area contributed by atoms with Gasteiger partial charge < -0.3 is 10.3 Å². The van der Waals surface area contributed by atoms with Crippen LogP contribution in [-0.4, -0.2) is 11.1 Å². The predicted molar refractivity (Wildman–Crippen MR) is 65.2 cm³/mol. The van der Waals surface area contributed by atoms with Crippen LogP contribution in [0.2, 0.25) is 0 Å². The Balaban J connectivity index is 2.73. The number of nitrogens with two attached hydrogens (primary N) is 1. The maximum absolute atomic E-state index is 5.64. The van der Waals surface area contributed by atoms with E-state index in [0.717, 1.165) is 6.42 Å². The zero-order chi connectivity index (χ0) is 11.0. The van der Waals surface area contributed by atoms with Gasteiger partial charge in [0.25, 0.3) is 0 Å². The second kappa shape index (κ2) is 3.70. The van der Waals surface area contributed by atoms with Crippen LogP contribution in [0.4, 0.5) is 0 Å². The SMILES string of the molecule is Cc1ccc2c(c1)c(C)c(CCN)n2C. The minimum Gasteiger partial charge on any atom is -0.347 e. The molecule has 1 aromatic heterocycles. The van der Waals surface area contributed by atoms with Crippen molar-refractivity contribution in [2.45, 2.75) is 20.3 Å². The minimum atomic E-state index is 0.712. The molecular weight excluding hydrogens is 184 g/mol. The lowest BCUT2D eigenvalue weighted by Gasteiger charge is -2.03. The highest BCUT2D eigenvalue weighted by Crippen LogP contribution is 2.25. The first-order chi connectivity index (χ1) is 7.15. The van der Waals surface area contributed by atoms with E-state index in [1.54, 1.807) is 0 Å². The maximum Gasteiger partial charge on any atom is 0.0482 e. The van der Waals surface area contributed by atoms with Crippen LogP contribution in [0.1, 0.15) is 16.8 Å². The molecule has 0 fully saturated rings. The van der Waals surface area contributed by atoms with E-state index < -0.39 is 0 Å². The van der Waals surface area contributed by atoms with Gasteiger partial charge in [-0.25, -0.2) is 0 Å². The van der Waals surface area contributed by atoms with Gasteiger partial charge in [-0.1, -0.05) is 11.6 Å². The van der Waals surface area contributed by atoms with E-state index in [0.29, 0.717) is 6.54 Å². The lowest BCUT2D eigenvalue weighted by atomic mass is 10.1. The predicted octanol–water partition coefficient (Wildman–Crippen LogP) is 2.30. The maximum atomic E-state index is 5.64. The molecule has 1 heterocycles. The number of hydrogen-bond donors (Lipinski definition) is 1. The molecule has 0 atom stereocenters. The Bertz CT molecular complexity index is 495. The molecule has 2 N–H and O–H groups in total. The van der Waals surface area contributed by atoms with Crippen molar-refractivity contribution < 1.29 is 0 Å². The summed E-state index contributed by atoms with van der Waals surface area (Å²) in [6.07, 6.45) is 0.954. The Labute approximate surface area is 90.7 Å². The molecule has 15 heavy (non-hydrogen) atoms. The van der Waals surface area contributed by atoms with Crippen molar-refractivity contribution in [1.29, 1.82) is 0 Å². The van der Waals surface area contributed by atoms with Gasteiger partial charge in [-0.2, -0.15) is 0 Å². The first-order valence-electron chi connectivity index (χ1n) is 5.39. The number of nitrogens with zero attached hydrogens (tertiary/aromatic N) is 1. The quantitative estimate of drug-likeness (QED) is 0.796. The van der Waals surface area contributed by atoms with Crippen LogP contribution in [0.15, 0.2) is 18.2 Å². The summed E-state index contributed by atoms with van der Waals surface area (Å²) in [5.74, 6) is 0. The van der Waals surface area contributed by atoms with Gasteiger partial charge in [0, 0.05) is 30.1 Å². The normalized spacial score (nSPS) is 11.2. The van der Waals surface area contributed by atoms with Crippen molar-refractivity contribution >= 4 is 10.9 Å². The summed E-state index contributed by atoms with van der Waals surface area (Å²) in [4.78, 5) is 0. The third-order valence-electron chi connectivity index (χ3n) is 3.14. The Hall–Kier alpha value is -1.28. The van der Waals surface area contributed by atoms with Crippen LogP contribution in [0, 0.1) is 13.8 Å². The molecule has 80 valence electrons. The van der Waals surface area contributed by atoms with E-state index in [4.69, 9.17) is 5.73 Å². The molecule has 2 heteroatoms. The molecule has 2 nitrogen and oxygen atoms in total. The van der Waals surface area contributed by atoms with Crippen molar-refractivity contribution in [1.82, 2.24) is 4.57 Å². The topological polar surface area (TPSA) is 30.9 Å². The van der Waals surface area contributed by atoms with Gasteiger partial charge in [-0.3, -0.25) is 0 Å². The summed E-state index contributed by atoms with van der Waals surface area (Å²) in [6, 6.07) is 6.61. The van der Waals surface area contributed by atoms with E-state index in [2.05, 4.69) is 43.7 Å². The Morgan fingerprint density at radius 1 is 1.27 bits per heavy atom. The molecule has 2 rings (SSSR count). The number of benzene rings is 1. The van der Waals surface area contributed by atoms with Gasteiger partial charge >= 0.3 is 0 Å². The van der Waals surface area contributed by atoms with Crippen LogP contribution in [0.5, 0.6) is 0 Å². The Kier molecular flexibility index (Phi) is 2.53. The van der Waals surface area contributed by atoms with Crippen LogP contribution >= 0.6 is 0 Å². The lowest BCUT2D eigenvalue weighted by molar-refractivity contribution is 0.819. The Morgan fingerprint density at radius 2 is 2.00 bits per heavy atom. The van der Waals surface area contributed by atoms with Crippen LogP contribution in [0.3, 0.4) is 0 Å². The molecule has 0 aliphatic rings. The number of rotatable bonds is 2. The monoisotopic (exact) mass is 202 g/mol. The molecule has 1 aromatic carbocycles. The molecular formula is C13H18N2. The second-order valence-electron chi connectivity index (χ2n) is 4.19. The summed E-state index contributed by atoms with van der Waals surface area (Å²) in [7, 11) is 2.12. The molecule has 0 aliphatic heterocycles. The fourth-order valence-electron chi connectivity index (χ4n) is 2.29. The van der Waals surface area contributed by atoms with Crippen LogP contribution in [-0.2, 0) is 13.5 Å². The smallest absolute Gasteiger partial charge is 0.0482 e. The molecule has 0 unspecified atom stereocenters. The average Bonchev–Trinajstić information content (AvgIpc) is 2.44. The van der Waals surface area contributed by atoms with Crippen molar-refractivity contribution in [3.8, 4) is 0 Å². The molecule has 0 spiro atoms. The van der Waals surface area contributed by atoms with E-state index in [1.807, 2.05) is 0 Å². The Morgan fingerprint density at radius 3 is 2.67 bits per heavy atom. The molecule has 0 amide bonds. The summed E-state index contributed by atoms with van der Waals surface area (Å²) >= 11 is 0. The van der Waals surface area contributed by atoms with Gasteiger partial charge in [-0.15, -0.1) is 0 Å². The number of fused-ring (bicyclic) bond motifs is 1. The van der Waals surface area contributed by atoms with E-state index in [1.165, 1.54) is 27.7 Å². The van der Waals surface area contributed by atoms with Gasteiger partial charge in [0.05, 0.1) is 0 Å². The molecule has 2 aromatic rings. The van der Waals surface area contributed by atoms with Crippen molar-refractivity contribution in [3.05, 3.63) is 35.0 Å². The summed E-state index contributed by atoms with van der Waals surface area (Å²) in [5, 5.41) is 1.36. The van der Waals surface area contributed by atoms with Gasteiger partial charge in [0.1, 0.15) is 0 Å². The summed E-state index contributed by atoms with van der Waals surface area (Å²) in [6.45, 7) is 5.03. The fraction of sp³-hybridized carbons (Fsp3) is 0.385. The summed E-state index contributed by atoms with van der Waals surface area (Å²) < 4.78 is 2.26. The first-order valence-corrected chi connectivity index (χ1v) is 5.39. The fourth-order valence-corrected chi connectivity index (χ4v) is 2.29. The van der Waals surface area contributed by atoms with Gasteiger partial charge in [-0.05, 0) is 38.1 Å². The third-order valence-corrected chi connectivity index (χ3v) is 3.14. The molecule has 0 radical (unpaired) electrons. The first kappa shape index (κ1) is 10.2. The second-order valence-corrected chi connectivity index (χ2v) is 4.19. The highest BCUT2D eigenvalue weighted by Gasteiger charge is 2.10. The van der Waals surface area contributed by atoms with Gasteiger partial charge in [0.15, 0.2) is 0 Å². The van der Waals surface area contributed by atoms with E-state index in [-0.39, 0.29) is 0 Å². The van der Waals surface area contributed by atoms with E-state index in [9.17, 15) is 0 Å². The van der Waals surface area contributed by atoms with E-state index >= 15 is 0 Å². The van der Waals surface area contributed by atoms with Crippen molar-refractivity contribution in [2.24, 2.45) is 12.8 Å². The van der Waals surface area contributed by atoms with Crippen molar-refractivity contribution in [3.63, 3.8) is 0 Å². The number of hydrogen-bond acceptors (Lipinski definition) is 1. The highest BCUT2D eigenvalue weighted by molar-refractivity contribution is 5.85. The standard InChI is InChI=1S/C13H18N2/c1-9-4-5-13-11(8-9)10(2)12(6-7-14)15(13)3/h4-5,8H,6-7,14H2,1-3H3. The number of aryl methyl sites for hydroxylation is 3. The minimum absolute atomic E-state index is 0.712. The number of aromatic nitrogens is 1. The highest BCUT2D eigenvalue weighted by atomic mass is 14.9. The zero-order valence-electron chi connectivity index (χ0n) is 9.67. The summed E-state index contributed by atoms with van der Waals surface area (Å²) in [5.41, 5.74) is 11.0. The molecule has 0 bridgehead atoms. The lowest BCUT2D eigenvalue weighted by Crippen LogP contribution is -2.07.